The summed E-state index contributed by atoms with van der Waals surface area (Å²) in [6.45, 7) is 0. The summed E-state index contributed by atoms with van der Waals surface area (Å²) < 4.78 is 10.7. The Morgan fingerprint density at radius 3 is 2.69 bits per heavy atom. The molecule has 0 saturated carbocycles. The first kappa shape index (κ1) is 17.6. The summed E-state index contributed by atoms with van der Waals surface area (Å²) in [5, 5.41) is 8.32. The molecule has 2 aromatic carbocycles. The molecule has 9 heteroatoms. The topological polar surface area (TPSA) is 82.7 Å². The van der Waals surface area contributed by atoms with Crippen LogP contribution in [0.5, 0.6) is 11.6 Å². The van der Waals surface area contributed by atoms with E-state index in [1.165, 1.54) is 6.33 Å². The summed E-state index contributed by atoms with van der Waals surface area (Å²) in [6, 6.07) is 13.7. The second kappa shape index (κ2) is 6.85. The first-order valence-corrected chi connectivity index (χ1v) is 9.67. The van der Waals surface area contributed by atoms with E-state index < -0.39 is 0 Å². The van der Waals surface area contributed by atoms with Crippen molar-refractivity contribution < 1.29 is 4.74 Å². The van der Waals surface area contributed by atoms with E-state index in [2.05, 4.69) is 36.3 Å². The van der Waals surface area contributed by atoms with Crippen LogP contribution < -0.4 is 10.1 Å². The van der Waals surface area contributed by atoms with Crippen molar-refractivity contribution in [3.05, 3.63) is 59.5 Å². The van der Waals surface area contributed by atoms with E-state index in [-0.39, 0.29) is 0 Å². The Hall–Kier alpha value is -3.46. The van der Waals surface area contributed by atoms with Crippen LogP contribution in [-0.4, -0.2) is 29.3 Å². The zero-order valence-electron chi connectivity index (χ0n) is 15.7. The number of rotatable bonds is 4. The molecule has 0 aliphatic heterocycles. The van der Waals surface area contributed by atoms with Crippen LogP contribution in [0.2, 0.25) is 0 Å². The minimum atomic E-state index is 0.464. The zero-order chi connectivity index (χ0) is 20.0. The summed E-state index contributed by atoms with van der Waals surface area (Å²) in [5.74, 6) is 1.86. The van der Waals surface area contributed by atoms with Crippen molar-refractivity contribution in [2.24, 2.45) is 14.1 Å². The van der Waals surface area contributed by atoms with Crippen LogP contribution >= 0.6 is 15.9 Å². The van der Waals surface area contributed by atoms with Crippen molar-refractivity contribution in [3.8, 4) is 11.6 Å². The highest BCUT2D eigenvalue weighted by atomic mass is 79.9. The molecule has 0 atom stereocenters. The molecule has 0 unspecified atom stereocenters. The quantitative estimate of drug-likeness (QED) is 0.433. The van der Waals surface area contributed by atoms with E-state index in [1.54, 1.807) is 10.9 Å². The molecule has 0 radical (unpaired) electrons. The van der Waals surface area contributed by atoms with Gasteiger partial charge in [-0.05, 0) is 36.4 Å². The molecule has 1 N–H and O–H groups in total. The van der Waals surface area contributed by atoms with Crippen LogP contribution in [0.25, 0.3) is 22.1 Å². The molecule has 3 aromatic heterocycles. The third-order valence-corrected chi connectivity index (χ3v) is 5.19. The molecule has 144 valence electrons. The third kappa shape index (κ3) is 3.19. The van der Waals surface area contributed by atoms with E-state index in [1.807, 2.05) is 61.1 Å². The first-order chi connectivity index (χ1) is 14.1. The SMILES string of the molecule is Cn1ncc2c(Oc3ccc4c(c3)nc(Nc3ccc(Br)cc3)n4C)ncnc21. The predicted molar refractivity (Wildman–Crippen MR) is 115 cm³/mol. The standard InChI is InChI=1S/C20H16BrN7O/c1-27-17-8-7-14(29-19-15-10-24-28(2)18(15)22-11-23-19)9-16(17)26-20(27)25-13-5-3-12(21)4-6-13/h3-11H,1-2H3,(H,25,26). The van der Waals surface area contributed by atoms with Crippen molar-refractivity contribution in [2.75, 3.05) is 5.32 Å². The molecule has 0 fully saturated rings. The van der Waals surface area contributed by atoms with Gasteiger partial charge in [0.1, 0.15) is 17.5 Å². The second-order valence-corrected chi connectivity index (χ2v) is 7.48. The predicted octanol–water partition coefficient (Wildman–Crippen LogP) is 4.55. The van der Waals surface area contributed by atoms with Gasteiger partial charge in [0.2, 0.25) is 11.8 Å². The molecule has 0 bridgehead atoms. The van der Waals surface area contributed by atoms with Gasteiger partial charge >= 0.3 is 0 Å². The van der Waals surface area contributed by atoms with Crippen LogP contribution in [0.1, 0.15) is 0 Å². The molecular formula is C20H16BrN7O. The van der Waals surface area contributed by atoms with E-state index in [4.69, 9.17) is 9.72 Å². The monoisotopic (exact) mass is 449 g/mol. The molecule has 0 spiro atoms. The maximum absolute atomic E-state index is 6.01. The number of hydrogen-bond acceptors (Lipinski definition) is 6. The molecule has 0 saturated heterocycles. The summed E-state index contributed by atoms with van der Waals surface area (Å²) in [6.07, 6.45) is 3.17. The Kier molecular flexibility index (Phi) is 4.17. The maximum atomic E-state index is 6.01. The van der Waals surface area contributed by atoms with Gasteiger partial charge in [-0.2, -0.15) is 5.10 Å². The molecular weight excluding hydrogens is 434 g/mol. The van der Waals surface area contributed by atoms with Crippen molar-refractivity contribution in [3.63, 3.8) is 0 Å². The number of halogens is 1. The van der Waals surface area contributed by atoms with E-state index in [0.717, 1.165) is 38.2 Å². The highest BCUT2D eigenvalue weighted by Crippen LogP contribution is 2.30. The molecule has 5 aromatic rings. The van der Waals surface area contributed by atoms with Crippen molar-refractivity contribution >= 4 is 49.6 Å². The Balaban J connectivity index is 1.48. The summed E-state index contributed by atoms with van der Waals surface area (Å²) in [5.41, 5.74) is 3.49. The van der Waals surface area contributed by atoms with Crippen molar-refractivity contribution in [1.82, 2.24) is 29.3 Å². The smallest absolute Gasteiger partial charge is 0.233 e. The average molecular weight is 450 g/mol. The molecule has 3 heterocycles. The van der Waals surface area contributed by atoms with E-state index >= 15 is 0 Å². The molecule has 0 aliphatic carbocycles. The fraction of sp³-hybridized carbons (Fsp3) is 0.100. The lowest BCUT2D eigenvalue weighted by atomic mass is 10.3. The Morgan fingerprint density at radius 2 is 1.86 bits per heavy atom. The molecule has 8 nitrogen and oxygen atoms in total. The molecule has 29 heavy (non-hydrogen) atoms. The summed E-state index contributed by atoms with van der Waals surface area (Å²) >= 11 is 3.45. The number of nitrogens with one attached hydrogen (secondary N) is 1. The van der Waals surface area contributed by atoms with Crippen LogP contribution in [0, 0.1) is 0 Å². The Labute approximate surface area is 174 Å². The van der Waals surface area contributed by atoms with E-state index in [0.29, 0.717) is 11.6 Å². The van der Waals surface area contributed by atoms with Gasteiger partial charge in [0.15, 0.2) is 5.65 Å². The van der Waals surface area contributed by atoms with Gasteiger partial charge in [-0.25, -0.2) is 15.0 Å². The van der Waals surface area contributed by atoms with Gasteiger partial charge in [-0.15, -0.1) is 0 Å². The lowest BCUT2D eigenvalue weighted by Gasteiger charge is -2.06. The van der Waals surface area contributed by atoms with Gasteiger partial charge in [0.05, 0.1) is 17.2 Å². The molecule has 0 amide bonds. The number of aryl methyl sites for hydroxylation is 2. The van der Waals surface area contributed by atoms with Gasteiger partial charge < -0.3 is 14.6 Å². The average Bonchev–Trinajstić information content (AvgIpc) is 3.25. The molecule has 0 aliphatic rings. The second-order valence-electron chi connectivity index (χ2n) is 6.56. The minimum absolute atomic E-state index is 0.464. The fourth-order valence-corrected chi connectivity index (χ4v) is 3.42. The van der Waals surface area contributed by atoms with Crippen LogP contribution in [0.4, 0.5) is 11.6 Å². The summed E-state index contributed by atoms with van der Waals surface area (Å²) in [4.78, 5) is 13.2. The van der Waals surface area contributed by atoms with Crippen molar-refractivity contribution in [1.29, 1.82) is 0 Å². The third-order valence-electron chi connectivity index (χ3n) is 4.66. The Morgan fingerprint density at radius 1 is 1.03 bits per heavy atom. The number of aromatic nitrogens is 6. The van der Waals surface area contributed by atoms with Gasteiger partial charge in [-0.1, -0.05) is 15.9 Å². The Bertz CT molecular complexity index is 1340. The number of nitrogens with zero attached hydrogens (tertiary/aromatic N) is 6. The van der Waals surface area contributed by atoms with Crippen LogP contribution in [-0.2, 0) is 14.1 Å². The largest absolute Gasteiger partial charge is 0.438 e. The molecule has 5 rings (SSSR count). The van der Waals surface area contributed by atoms with Crippen molar-refractivity contribution in [2.45, 2.75) is 0 Å². The first-order valence-electron chi connectivity index (χ1n) is 8.88. The van der Waals surface area contributed by atoms with E-state index in [9.17, 15) is 0 Å². The number of fused-ring (bicyclic) bond motifs is 2. The van der Waals surface area contributed by atoms with Gasteiger partial charge in [0.25, 0.3) is 0 Å². The number of anilines is 2. The van der Waals surface area contributed by atoms with Crippen LogP contribution in [0.15, 0.2) is 59.5 Å². The normalized spacial score (nSPS) is 11.3. The van der Waals surface area contributed by atoms with Gasteiger partial charge in [0, 0.05) is 30.3 Å². The highest BCUT2D eigenvalue weighted by Gasteiger charge is 2.13. The summed E-state index contributed by atoms with van der Waals surface area (Å²) in [7, 11) is 3.81. The maximum Gasteiger partial charge on any atom is 0.233 e. The number of imidazole rings is 1. The lowest BCUT2D eigenvalue weighted by Crippen LogP contribution is -1.98. The van der Waals surface area contributed by atoms with Gasteiger partial charge in [-0.3, -0.25) is 4.68 Å². The number of benzene rings is 2. The fourth-order valence-electron chi connectivity index (χ4n) is 3.15. The highest BCUT2D eigenvalue weighted by molar-refractivity contribution is 9.10. The lowest BCUT2D eigenvalue weighted by molar-refractivity contribution is 0.468. The zero-order valence-corrected chi connectivity index (χ0v) is 17.3. The number of ether oxygens (including phenoxy) is 1. The minimum Gasteiger partial charge on any atom is -0.438 e. The van der Waals surface area contributed by atoms with Crippen LogP contribution in [0.3, 0.4) is 0 Å². The number of hydrogen-bond donors (Lipinski definition) is 1.